The number of aromatic amines is 1. The van der Waals surface area contributed by atoms with Gasteiger partial charge in [-0.3, -0.25) is 19.4 Å². The number of alkyl carbamates (subject to hydrolysis) is 1. The first-order chi connectivity index (χ1) is 28.9. The van der Waals surface area contributed by atoms with Gasteiger partial charge >= 0.3 is 12.1 Å². The summed E-state index contributed by atoms with van der Waals surface area (Å²) in [7, 11) is 2.69. The number of amides is 3. The molecule has 314 valence electrons. The number of hydrogen-bond acceptors (Lipinski definition) is 8. The van der Waals surface area contributed by atoms with Crippen molar-refractivity contribution in [3.05, 3.63) is 96.6 Å². The van der Waals surface area contributed by atoms with Crippen LogP contribution in [-0.2, 0) is 23.9 Å². The fraction of sp³-hybridized carbons (Fsp3) is 0.458. The van der Waals surface area contributed by atoms with Crippen LogP contribution < -0.4 is 5.32 Å². The smallest absolute Gasteiger partial charge is 0.407 e. The van der Waals surface area contributed by atoms with Crippen LogP contribution in [0.1, 0.15) is 95.5 Å². The van der Waals surface area contributed by atoms with E-state index in [1.165, 1.54) is 14.2 Å². The number of rotatable bonds is 12. The fourth-order valence-corrected chi connectivity index (χ4v) is 10.0. The standard InChI is InChI=1S/C48H56N6O6/c1-27-19-35(20-27)38(24-43(55)59-5)46(56)53-29(3)7-17-41(53)39-23-37(25-49-39)33-11-9-31(10-12-33)32-13-15-34(16-14-32)40-26-50-45(51-40)42-18-8-30(4)54(42)47(57)44(52-48(58)60-6)36-21-28(2)22-36/h9-16,25-26,29-30,35-36,38,41-42,44H,1-2,7-8,17-24H2,3-6H3,(H,50,51)(H,52,58)/t29-,30-,38?,41-,42-,44?/m0/s1. The molecule has 12 nitrogen and oxygen atoms in total. The van der Waals surface area contributed by atoms with Gasteiger partial charge in [-0.05, 0) is 105 Å². The van der Waals surface area contributed by atoms with E-state index in [2.05, 4.69) is 78.9 Å². The molecule has 2 N–H and O–H groups in total. The average molecular weight is 813 g/mol. The predicted octanol–water partition coefficient (Wildman–Crippen LogP) is 8.20. The number of aromatic nitrogens is 2. The van der Waals surface area contributed by atoms with E-state index in [1.54, 1.807) is 0 Å². The zero-order valence-electron chi connectivity index (χ0n) is 35.1. The van der Waals surface area contributed by atoms with Crippen molar-refractivity contribution in [1.82, 2.24) is 25.1 Å². The third kappa shape index (κ3) is 8.08. The Morgan fingerprint density at radius 3 is 1.93 bits per heavy atom. The number of hydrogen-bond donors (Lipinski definition) is 2. The van der Waals surface area contributed by atoms with E-state index in [1.807, 2.05) is 29.1 Å². The van der Waals surface area contributed by atoms with Crippen LogP contribution >= 0.6 is 0 Å². The number of carbonyl (C=O) groups excluding carboxylic acids is 4. The molecule has 2 saturated heterocycles. The van der Waals surface area contributed by atoms with Gasteiger partial charge in [0.25, 0.3) is 0 Å². The van der Waals surface area contributed by atoms with Crippen LogP contribution in [0.3, 0.4) is 0 Å². The summed E-state index contributed by atoms with van der Waals surface area (Å²) in [5.74, 6) is 0.0165. The monoisotopic (exact) mass is 812 g/mol. The molecule has 0 spiro atoms. The lowest BCUT2D eigenvalue weighted by atomic mass is 9.71. The van der Waals surface area contributed by atoms with Crippen molar-refractivity contribution in [2.75, 3.05) is 14.2 Å². The van der Waals surface area contributed by atoms with E-state index in [0.717, 1.165) is 94.7 Å². The molecule has 12 heteroatoms. The molecule has 60 heavy (non-hydrogen) atoms. The summed E-state index contributed by atoms with van der Waals surface area (Å²) in [4.78, 5) is 69.7. The second kappa shape index (κ2) is 17.1. The number of carbonyl (C=O) groups is 4. The van der Waals surface area contributed by atoms with Crippen molar-refractivity contribution < 1.29 is 28.7 Å². The summed E-state index contributed by atoms with van der Waals surface area (Å²) in [5.41, 5.74) is 9.45. The van der Waals surface area contributed by atoms with Gasteiger partial charge < -0.3 is 29.6 Å². The van der Waals surface area contributed by atoms with E-state index >= 15 is 0 Å². The molecule has 3 aromatic rings. The topological polar surface area (TPSA) is 146 Å². The van der Waals surface area contributed by atoms with Crippen molar-refractivity contribution in [2.24, 2.45) is 22.7 Å². The second-order valence-corrected chi connectivity index (χ2v) is 17.5. The van der Waals surface area contributed by atoms with E-state index in [-0.39, 0.29) is 60.2 Å². The van der Waals surface area contributed by atoms with Gasteiger partial charge in [0.1, 0.15) is 11.9 Å². The third-order valence-electron chi connectivity index (χ3n) is 13.6. The molecule has 0 radical (unpaired) electrons. The molecule has 3 aliphatic heterocycles. The number of ether oxygens (including phenoxy) is 2. The SMILES string of the molecule is C=C1CC(C(CC(=O)OC)C(=O)N2[C@@H](C)CC[C@H]2C2=NC=C(c3ccc(-c4ccc(-c5cnc([C@@H]6CC[C@H](C)N6C(=O)C(NC(=O)OC)C6CC(=C)C6)[nH]5)cc4)cc3)C2)C1. The first-order valence-electron chi connectivity index (χ1n) is 21.3. The first kappa shape index (κ1) is 41.0. The van der Waals surface area contributed by atoms with E-state index in [0.29, 0.717) is 19.3 Å². The van der Waals surface area contributed by atoms with Gasteiger partial charge in [-0.15, -0.1) is 0 Å². The van der Waals surface area contributed by atoms with Gasteiger partial charge in [-0.2, -0.15) is 0 Å². The molecule has 8 rings (SSSR count). The number of imidazole rings is 1. The molecule has 4 heterocycles. The van der Waals surface area contributed by atoms with Crippen LogP contribution in [-0.4, -0.2) is 87.7 Å². The number of allylic oxidation sites excluding steroid dienone is 3. The van der Waals surface area contributed by atoms with E-state index in [4.69, 9.17) is 19.5 Å². The fourth-order valence-electron chi connectivity index (χ4n) is 10.0. The van der Waals surface area contributed by atoms with Crippen molar-refractivity contribution in [3.8, 4) is 22.4 Å². The largest absolute Gasteiger partial charge is 0.469 e. The zero-order chi connectivity index (χ0) is 42.2. The van der Waals surface area contributed by atoms with Crippen LogP contribution in [0.2, 0.25) is 0 Å². The van der Waals surface area contributed by atoms with E-state index < -0.39 is 18.1 Å². The first-order valence-corrected chi connectivity index (χ1v) is 21.3. The highest BCUT2D eigenvalue weighted by atomic mass is 16.5. The normalized spacial score (nSPS) is 24.0. The van der Waals surface area contributed by atoms with Crippen molar-refractivity contribution in [1.29, 1.82) is 0 Å². The van der Waals surface area contributed by atoms with Crippen LogP contribution in [0.25, 0.3) is 28.0 Å². The maximum Gasteiger partial charge on any atom is 0.407 e. The Balaban J connectivity index is 0.901. The highest BCUT2D eigenvalue weighted by Gasteiger charge is 2.46. The summed E-state index contributed by atoms with van der Waals surface area (Å²) in [5, 5.41) is 2.80. The number of H-pyrrole nitrogens is 1. The maximum absolute atomic E-state index is 14.1. The Bertz CT molecular complexity index is 2220. The molecule has 3 amide bonds. The van der Waals surface area contributed by atoms with Crippen LogP contribution in [0.4, 0.5) is 4.79 Å². The highest BCUT2D eigenvalue weighted by molar-refractivity contribution is 6.03. The number of nitrogens with zero attached hydrogens (tertiary/aromatic N) is 4. The molecule has 2 saturated carbocycles. The van der Waals surface area contributed by atoms with Crippen molar-refractivity contribution >= 4 is 35.2 Å². The van der Waals surface area contributed by atoms with Gasteiger partial charge in [0.2, 0.25) is 11.8 Å². The predicted molar refractivity (Wildman–Crippen MR) is 230 cm³/mol. The van der Waals surface area contributed by atoms with Crippen LogP contribution in [0, 0.1) is 17.8 Å². The number of benzene rings is 2. The number of aliphatic imine (C=N–C) groups is 1. The molecule has 5 aliphatic rings. The molecule has 0 bridgehead atoms. The molecule has 1 aromatic heterocycles. The Hall–Kier alpha value is -5.78. The Kier molecular flexibility index (Phi) is 11.7. The van der Waals surface area contributed by atoms with Crippen LogP contribution in [0.15, 0.2) is 90.2 Å². The average Bonchev–Trinajstić information content (AvgIpc) is 4.06. The quantitative estimate of drug-likeness (QED) is 0.139. The van der Waals surface area contributed by atoms with Crippen molar-refractivity contribution in [2.45, 2.75) is 108 Å². The minimum absolute atomic E-state index is 0.000229. The number of nitrogens with one attached hydrogen (secondary N) is 2. The van der Waals surface area contributed by atoms with E-state index in [9.17, 15) is 19.2 Å². The number of likely N-dealkylation sites (tertiary alicyclic amines) is 2. The zero-order valence-corrected chi connectivity index (χ0v) is 35.1. The second-order valence-electron chi connectivity index (χ2n) is 17.5. The van der Waals surface area contributed by atoms with Gasteiger partial charge in [0.15, 0.2) is 0 Å². The number of esters is 1. The summed E-state index contributed by atoms with van der Waals surface area (Å²) < 4.78 is 9.84. The summed E-state index contributed by atoms with van der Waals surface area (Å²) in [6.07, 6.45) is 10.3. The number of methoxy groups -OCH3 is 2. The molecule has 2 unspecified atom stereocenters. The Morgan fingerprint density at radius 1 is 0.767 bits per heavy atom. The lowest BCUT2D eigenvalue weighted by Gasteiger charge is -2.39. The van der Waals surface area contributed by atoms with Gasteiger partial charge in [-0.1, -0.05) is 72.8 Å². The van der Waals surface area contributed by atoms with Crippen LogP contribution in [0.5, 0.6) is 0 Å². The van der Waals surface area contributed by atoms with Gasteiger partial charge in [-0.25, -0.2) is 9.78 Å². The van der Waals surface area contributed by atoms with Gasteiger partial charge in [0, 0.05) is 30.4 Å². The molecule has 4 fully saturated rings. The lowest BCUT2D eigenvalue weighted by Crippen LogP contribution is -2.55. The minimum atomic E-state index is -0.677. The molecular formula is C48H56N6O6. The minimum Gasteiger partial charge on any atom is -0.469 e. The molecule has 6 atom stereocenters. The Labute approximate surface area is 352 Å². The maximum atomic E-state index is 14.1. The van der Waals surface area contributed by atoms with Gasteiger partial charge in [0.05, 0.1) is 50.5 Å². The molecule has 2 aromatic carbocycles. The van der Waals surface area contributed by atoms with Crippen molar-refractivity contribution in [3.63, 3.8) is 0 Å². The molecule has 2 aliphatic carbocycles. The lowest BCUT2D eigenvalue weighted by molar-refractivity contribution is -0.149. The summed E-state index contributed by atoms with van der Waals surface area (Å²) in [6, 6.07) is 16.0. The summed E-state index contributed by atoms with van der Waals surface area (Å²) >= 11 is 0. The Morgan fingerprint density at radius 2 is 1.33 bits per heavy atom. The summed E-state index contributed by atoms with van der Waals surface area (Å²) in [6.45, 7) is 12.2. The highest BCUT2D eigenvalue weighted by Crippen LogP contribution is 2.43. The molecular weight excluding hydrogens is 757 g/mol. The third-order valence-corrected chi connectivity index (χ3v) is 13.6.